The average molecular weight is 551 g/mol. The topological polar surface area (TPSA) is 141 Å². The molecule has 4 rings (SSSR count). The first kappa shape index (κ1) is 27.9. The highest BCUT2D eigenvalue weighted by atomic mass is 19.3. The summed E-state index contributed by atoms with van der Waals surface area (Å²) >= 11 is 0. The molecule has 0 atom stereocenters. The van der Waals surface area contributed by atoms with Crippen LogP contribution in [0.25, 0.3) is 5.70 Å². The summed E-state index contributed by atoms with van der Waals surface area (Å²) in [6.07, 6.45) is 8.72. The van der Waals surface area contributed by atoms with E-state index >= 15 is 0 Å². The van der Waals surface area contributed by atoms with E-state index in [1.807, 2.05) is 13.0 Å². The molecule has 0 spiro atoms. The molecule has 0 fully saturated rings. The molecule has 0 bridgehead atoms. The monoisotopic (exact) mass is 550 g/mol. The van der Waals surface area contributed by atoms with Gasteiger partial charge in [0.25, 0.3) is 5.92 Å². The number of nitriles is 1. The number of halogens is 3. The van der Waals surface area contributed by atoms with Crippen molar-refractivity contribution < 1.29 is 13.2 Å². The van der Waals surface area contributed by atoms with Gasteiger partial charge in [-0.2, -0.15) is 10.2 Å². The van der Waals surface area contributed by atoms with Crippen molar-refractivity contribution in [3.8, 4) is 6.07 Å². The van der Waals surface area contributed by atoms with Crippen molar-refractivity contribution in [2.24, 2.45) is 0 Å². The second kappa shape index (κ2) is 11.3. The predicted molar refractivity (Wildman–Crippen MR) is 144 cm³/mol. The lowest BCUT2D eigenvalue weighted by Crippen LogP contribution is -2.43. The summed E-state index contributed by atoms with van der Waals surface area (Å²) in [4.78, 5) is 30.8. The third-order valence-corrected chi connectivity index (χ3v) is 5.84. The molecule has 1 aliphatic carbocycles. The van der Waals surface area contributed by atoms with E-state index < -0.39 is 29.7 Å². The summed E-state index contributed by atoms with van der Waals surface area (Å²) in [5, 5.41) is 25.6. The molecular formula is C27H25F3N8O2. The lowest BCUT2D eigenvalue weighted by molar-refractivity contribution is 0.0260. The van der Waals surface area contributed by atoms with Gasteiger partial charge < -0.3 is 21.4 Å². The molecule has 1 aromatic heterocycles. The van der Waals surface area contributed by atoms with Crippen LogP contribution in [-0.2, 0) is 6.54 Å². The number of anilines is 1. The van der Waals surface area contributed by atoms with Gasteiger partial charge in [0.05, 0.1) is 36.1 Å². The fourth-order valence-electron chi connectivity index (χ4n) is 3.91. The summed E-state index contributed by atoms with van der Waals surface area (Å²) in [6.45, 7) is 2.09. The highest BCUT2D eigenvalue weighted by Gasteiger charge is 2.21. The normalized spacial score (nSPS) is 16.1. The van der Waals surface area contributed by atoms with E-state index in [4.69, 9.17) is 5.41 Å². The zero-order valence-corrected chi connectivity index (χ0v) is 21.6. The van der Waals surface area contributed by atoms with Crippen LogP contribution in [0, 0.1) is 22.6 Å². The van der Waals surface area contributed by atoms with Crippen LogP contribution in [-0.4, -0.2) is 38.8 Å². The molecule has 1 aliphatic heterocycles. The first-order valence-electron chi connectivity index (χ1n) is 12.1. The Hall–Kier alpha value is -5.12. The van der Waals surface area contributed by atoms with Crippen molar-refractivity contribution in [2.75, 3.05) is 18.4 Å². The minimum Gasteiger partial charge on any atom is -0.385 e. The Bertz CT molecular complexity index is 1680. The largest absolute Gasteiger partial charge is 0.385 e. The van der Waals surface area contributed by atoms with Crippen LogP contribution in [0.4, 0.5) is 19.1 Å². The number of alkyl halides is 2. The van der Waals surface area contributed by atoms with Gasteiger partial charge in [0.15, 0.2) is 0 Å². The Morgan fingerprint density at radius 2 is 2.05 bits per heavy atom. The highest BCUT2D eigenvalue weighted by Crippen LogP contribution is 2.18. The van der Waals surface area contributed by atoms with Gasteiger partial charge in [-0.1, -0.05) is 5.57 Å². The molecule has 2 aliphatic rings. The van der Waals surface area contributed by atoms with Crippen LogP contribution in [0.1, 0.15) is 25.0 Å². The second-order valence-corrected chi connectivity index (χ2v) is 9.30. The molecular weight excluding hydrogens is 525 g/mol. The Kier molecular flexibility index (Phi) is 7.90. The van der Waals surface area contributed by atoms with Gasteiger partial charge in [-0.3, -0.25) is 4.57 Å². The van der Waals surface area contributed by atoms with Gasteiger partial charge in [0.2, 0.25) is 5.95 Å². The molecule has 10 nitrogen and oxygen atoms in total. The number of nitrogens with one attached hydrogen (secondary N) is 4. The summed E-state index contributed by atoms with van der Waals surface area (Å²) in [5.41, 5.74) is 0.143. The highest BCUT2D eigenvalue weighted by molar-refractivity contribution is 6.09. The number of benzene rings is 1. The van der Waals surface area contributed by atoms with Crippen molar-refractivity contribution in [3.05, 3.63) is 110 Å². The van der Waals surface area contributed by atoms with Crippen LogP contribution in [0.15, 0.2) is 81.3 Å². The molecule has 2 heterocycles. The Morgan fingerprint density at radius 3 is 2.75 bits per heavy atom. The lowest BCUT2D eigenvalue weighted by Gasteiger charge is -2.19. The second-order valence-electron chi connectivity index (χ2n) is 9.30. The van der Waals surface area contributed by atoms with Crippen LogP contribution < -0.4 is 27.3 Å². The van der Waals surface area contributed by atoms with Crippen LogP contribution in [0.2, 0.25) is 0 Å². The predicted octanol–water partition coefficient (Wildman–Crippen LogP) is 2.83. The number of hydrogen-bond donors (Lipinski definition) is 4. The van der Waals surface area contributed by atoms with E-state index in [0.717, 1.165) is 27.7 Å². The summed E-state index contributed by atoms with van der Waals surface area (Å²) < 4.78 is 43.0. The summed E-state index contributed by atoms with van der Waals surface area (Å²) in [5.74, 6) is -3.86. The maximum absolute atomic E-state index is 14.7. The summed E-state index contributed by atoms with van der Waals surface area (Å²) in [6, 6.07) is 5.63. The van der Waals surface area contributed by atoms with Gasteiger partial charge in [-0.25, -0.2) is 27.3 Å². The first-order chi connectivity index (χ1) is 18.9. The van der Waals surface area contributed by atoms with Crippen LogP contribution >= 0.6 is 0 Å². The third-order valence-electron chi connectivity index (χ3n) is 5.84. The van der Waals surface area contributed by atoms with Crippen molar-refractivity contribution in [3.63, 3.8) is 0 Å². The fourth-order valence-corrected chi connectivity index (χ4v) is 3.91. The van der Waals surface area contributed by atoms with Crippen LogP contribution in [0.5, 0.6) is 0 Å². The molecule has 206 valence electrons. The van der Waals surface area contributed by atoms with Crippen molar-refractivity contribution in [1.82, 2.24) is 24.8 Å². The average Bonchev–Trinajstić information content (AvgIpc) is 2.88. The van der Waals surface area contributed by atoms with Gasteiger partial charge >= 0.3 is 11.4 Å². The minimum atomic E-state index is -2.96. The molecule has 40 heavy (non-hydrogen) atoms. The molecule has 4 N–H and O–H groups in total. The molecule has 0 saturated heterocycles. The van der Waals surface area contributed by atoms with Gasteiger partial charge in [-0.05, 0) is 49.4 Å². The van der Waals surface area contributed by atoms with E-state index in [2.05, 4.69) is 20.9 Å². The minimum absolute atomic E-state index is 0.0129. The third kappa shape index (κ3) is 6.47. The SMILES string of the molecule is CC1=CC(n2c(=O)nc(NC3=C/C(=C/NCC(C)(F)F)C(=N)C=C3)n(Cc3cc(C#N)ccc3F)c2=O)=CNC1. The smallest absolute Gasteiger partial charge is 0.359 e. The van der Waals surface area contributed by atoms with Gasteiger partial charge in [-0.15, -0.1) is 0 Å². The molecule has 13 heteroatoms. The molecule has 0 radical (unpaired) electrons. The van der Waals surface area contributed by atoms with E-state index in [-0.39, 0.29) is 46.3 Å². The van der Waals surface area contributed by atoms with E-state index in [0.29, 0.717) is 6.54 Å². The zero-order valence-electron chi connectivity index (χ0n) is 21.6. The number of nitrogens with zero attached hydrogens (tertiary/aromatic N) is 4. The fraction of sp³-hybridized carbons (Fsp3) is 0.222. The Balaban J connectivity index is 1.79. The molecule has 2 aromatic rings. The Morgan fingerprint density at radius 1 is 1.27 bits per heavy atom. The van der Waals surface area contributed by atoms with E-state index in [1.54, 1.807) is 6.08 Å². The van der Waals surface area contributed by atoms with Crippen molar-refractivity contribution >= 4 is 17.4 Å². The van der Waals surface area contributed by atoms with Crippen molar-refractivity contribution in [1.29, 1.82) is 10.7 Å². The molecule has 0 unspecified atom stereocenters. The Labute approximate surface area is 226 Å². The van der Waals surface area contributed by atoms with Crippen molar-refractivity contribution in [2.45, 2.75) is 26.3 Å². The maximum Gasteiger partial charge on any atom is 0.359 e. The number of allylic oxidation sites excluding steroid dienone is 6. The lowest BCUT2D eigenvalue weighted by atomic mass is 10.0. The van der Waals surface area contributed by atoms with Gasteiger partial charge in [0.1, 0.15) is 5.82 Å². The zero-order chi connectivity index (χ0) is 29.0. The van der Waals surface area contributed by atoms with Crippen LogP contribution in [0.3, 0.4) is 0 Å². The van der Waals surface area contributed by atoms with Gasteiger partial charge in [0, 0.05) is 42.7 Å². The molecule has 1 aromatic carbocycles. The van der Waals surface area contributed by atoms with E-state index in [1.165, 1.54) is 42.8 Å². The quantitative estimate of drug-likeness (QED) is 0.396. The summed E-state index contributed by atoms with van der Waals surface area (Å²) in [7, 11) is 0. The maximum atomic E-state index is 14.7. The number of rotatable bonds is 8. The number of aromatic nitrogens is 3. The standard InChI is InChI=1S/C27H25F3N8O2/c1-16-7-21(13-33-11-16)38-25(39)36-24(37(26(38)40)14-19-8-17(10-31)3-5-22(19)28)35-20-4-6-23(32)18(9-20)12-34-15-27(2,29)30/h3-9,12-13,32-34H,11,14-15H2,1-2H3,(H,35,36,39)/b18-12-,32-23?. The first-order valence-corrected chi connectivity index (χ1v) is 12.1. The number of dihydropyridines is 1. The van der Waals surface area contributed by atoms with E-state index in [9.17, 15) is 28.0 Å². The molecule has 0 saturated carbocycles. The molecule has 0 amide bonds. The number of hydrogen-bond acceptors (Lipinski definition) is 8.